The average molecular weight is 456 g/mol. The number of pyridine rings is 2. The number of halogens is 1. The topological polar surface area (TPSA) is 83.0 Å². The van der Waals surface area contributed by atoms with Crippen molar-refractivity contribution in [2.24, 2.45) is 0 Å². The van der Waals surface area contributed by atoms with Crippen LogP contribution in [-0.2, 0) is 11.3 Å². The van der Waals surface area contributed by atoms with Gasteiger partial charge in [-0.25, -0.2) is 9.18 Å². The van der Waals surface area contributed by atoms with E-state index < -0.39 is 5.97 Å². The van der Waals surface area contributed by atoms with E-state index in [1.807, 2.05) is 42.8 Å². The van der Waals surface area contributed by atoms with E-state index in [1.54, 1.807) is 30.6 Å². The number of hydrogen-bond acceptors (Lipinski definition) is 6. The van der Waals surface area contributed by atoms with Crippen LogP contribution in [0.3, 0.4) is 0 Å². The summed E-state index contributed by atoms with van der Waals surface area (Å²) >= 11 is 0. The molecule has 0 saturated carbocycles. The highest BCUT2D eigenvalue weighted by Gasteiger charge is 2.18. The summed E-state index contributed by atoms with van der Waals surface area (Å²) in [4.78, 5) is 20.8. The number of carbonyl (C=O) groups excluding carboxylic acids is 1. The molecule has 0 saturated heterocycles. The molecule has 0 bridgehead atoms. The van der Waals surface area contributed by atoms with Crippen LogP contribution < -0.4 is 0 Å². The first kappa shape index (κ1) is 21.5. The number of methoxy groups -OCH3 is 1. The molecule has 5 rings (SSSR count). The smallest absolute Gasteiger partial charge is 0.337 e. The average Bonchev–Trinajstić information content (AvgIpc) is 3.38. The normalized spacial score (nSPS) is 11.2. The lowest BCUT2D eigenvalue weighted by Gasteiger charge is -2.07. The molecule has 0 amide bonds. The van der Waals surface area contributed by atoms with Crippen LogP contribution in [0.15, 0.2) is 65.6 Å². The lowest BCUT2D eigenvalue weighted by atomic mass is 10.0. The van der Waals surface area contributed by atoms with Gasteiger partial charge in [-0.1, -0.05) is 17.3 Å². The summed E-state index contributed by atoms with van der Waals surface area (Å²) < 4.78 is 26.5. The Kier molecular flexibility index (Phi) is 5.41. The quantitative estimate of drug-likeness (QED) is 0.332. The van der Waals surface area contributed by atoms with Crippen molar-refractivity contribution >= 4 is 17.0 Å². The van der Waals surface area contributed by atoms with E-state index in [1.165, 1.54) is 13.2 Å². The summed E-state index contributed by atoms with van der Waals surface area (Å²) in [5.74, 6) is -0.0730. The Morgan fingerprint density at radius 1 is 1.12 bits per heavy atom. The first-order valence-corrected chi connectivity index (χ1v) is 10.7. The molecule has 4 heterocycles. The van der Waals surface area contributed by atoms with Crippen molar-refractivity contribution < 1.29 is 18.4 Å². The number of carbonyl (C=O) groups is 1. The summed E-state index contributed by atoms with van der Waals surface area (Å²) in [6.45, 7) is 3.97. The van der Waals surface area contributed by atoms with Gasteiger partial charge in [0.25, 0.3) is 0 Å². The Bertz CT molecular complexity index is 1500. The van der Waals surface area contributed by atoms with Crippen molar-refractivity contribution in [2.45, 2.75) is 20.4 Å². The van der Waals surface area contributed by atoms with Gasteiger partial charge < -0.3 is 13.8 Å². The van der Waals surface area contributed by atoms with E-state index in [0.29, 0.717) is 17.0 Å². The molecule has 5 aromatic rings. The van der Waals surface area contributed by atoms with Crippen LogP contribution in [0.5, 0.6) is 0 Å². The maximum absolute atomic E-state index is 14.4. The predicted octanol–water partition coefficient (Wildman–Crippen LogP) is 5.34. The lowest BCUT2D eigenvalue weighted by molar-refractivity contribution is 0.0600. The number of rotatable bonds is 5. The summed E-state index contributed by atoms with van der Waals surface area (Å²) in [6, 6.07) is 12.1. The monoisotopic (exact) mass is 456 g/mol. The minimum atomic E-state index is -0.401. The minimum Gasteiger partial charge on any atom is -0.465 e. The third kappa shape index (κ3) is 3.73. The summed E-state index contributed by atoms with van der Waals surface area (Å²) in [5, 5.41) is 4.05. The summed E-state index contributed by atoms with van der Waals surface area (Å²) in [7, 11) is 1.35. The molecule has 0 aliphatic carbocycles. The van der Waals surface area contributed by atoms with Crippen LogP contribution in [0.2, 0.25) is 0 Å². The molecule has 1 aromatic carbocycles. The molecular formula is C26H21FN4O3. The van der Waals surface area contributed by atoms with Crippen LogP contribution in [0, 0.1) is 19.7 Å². The number of aromatic nitrogens is 4. The first-order chi connectivity index (χ1) is 16.5. The fraction of sp³-hybridized carbons (Fsp3) is 0.154. The number of aryl methyl sites for hydroxylation is 2. The Morgan fingerprint density at radius 2 is 1.91 bits per heavy atom. The van der Waals surface area contributed by atoms with Gasteiger partial charge >= 0.3 is 5.97 Å². The van der Waals surface area contributed by atoms with E-state index in [2.05, 4.69) is 10.1 Å². The third-order valence-electron chi connectivity index (χ3n) is 5.81. The second-order valence-electron chi connectivity index (χ2n) is 7.96. The molecule has 170 valence electrons. The van der Waals surface area contributed by atoms with Crippen molar-refractivity contribution in [1.29, 1.82) is 0 Å². The van der Waals surface area contributed by atoms with Gasteiger partial charge in [-0.3, -0.25) is 9.97 Å². The molecule has 0 atom stereocenters. The van der Waals surface area contributed by atoms with Crippen molar-refractivity contribution in [1.82, 2.24) is 19.7 Å². The second kappa shape index (κ2) is 8.55. The Hall–Kier alpha value is -4.33. The zero-order valence-electron chi connectivity index (χ0n) is 18.9. The number of benzene rings is 1. The molecule has 0 aliphatic rings. The highest BCUT2D eigenvalue weighted by molar-refractivity contribution is 5.96. The van der Waals surface area contributed by atoms with Crippen LogP contribution >= 0.6 is 0 Å². The van der Waals surface area contributed by atoms with Gasteiger partial charge in [0.05, 0.1) is 41.6 Å². The van der Waals surface area contributed by atoms with E-state index in [9.17, 15) is 9.18 Å². The van der Waals surface area contributed by atoms with E-state index in [0.717, 1.165) is 39.0 Å². The van der Waals surface area contributed by atoms with Gasteiger partial charge in [0, 0.05) is 35.3 Å². The van der Waals surface area contributed by atoms with E-state index in [-0.39, 0.29) is 12.4 Å². The summed E-state index contributed by atoms with van der Waals surface area (Å²) in [5.41, 5.74) is 6.59. The predicted molar refractivity (Wildman–Crippen MR) is 125 cm³/mol. The number of fused-ring (bicyclic) bond motifs is 1. The molecule has 4 aromatic heterocycles. The van der Waals surface area contributed by atoms with Crippen LogP contribution in [-0.4, -0.2) is 32.8 Å². The molecule has 7 nitrogen and oxygen atoms in total. The van der Waals surface area contributed by atoms with E-state index in [4.69, 9.17) is 14.2 Å². The zero-order chi connectivity index (χ0) is 23.8. The van der Waals surface area contributed by atoms with Crippen molar-refractivity contribution in [3.05, 3.63) is 89.6 Å². The molecule has 8 heteroatoms. The molecular weight excluding hydrogens is 435 g/mol. The maximum Gasteiger partial charge on any atom is 0.337 e. The Labute approximate surface area is 194 Å². The highest BCUT2D eigenvalue weighted by atomic mass is 19.1. The number of nitrogens with zero attached hydrogens (tertiary/aromatic N) is 4. The number of hydrogen-bond donors (Lipinski definition) is 0. The fourth-order valence-electron chi connectivity index (χ4n) is 4.14. The Morgan fingerprint density at radius 3 is 2.59 bits per heavy atom. The zero-order valence-corrected chi connectivity index (χ0v) is 18.9. The fourth-order valence-corrected chi connectivity index (χ4v) is 4.14. The first-order valence-electron chi connectivity index (χ1n) is 10.7. The van der Waals surface area contributed by atoms with Crippen LogP contribution in [0.4, 0.5) is 4.39 Å². The standard InChI is InChI=1S/C26H21FN4O3/c1-15-24(16(2)34-30-15)19-11-23-25(29-12-19)20(17-6-8-18(9-7-17)26(32)33-3)13-31(23)14-22-21(27)5-4-10-28-22/h4-13H,14H2,1-3H3. The maximum atomic E-state index is 14.4. The van der Waals surface area contributed by atoms with Gasteiger partial charge in [0.2, 0.25) is 0 Å². The van der Waals surface area contributed by atoms with Gasteiger partial charge in [0.15, 0.2) is 0 Å². The van der Waals surface area contributed by atoms with Crippen molar-refractivity contribution in [2.75, 3.05) is 7.11 Å². The largest absolute Gasteiger partial charge is 0.465 e. The summed E-state index contributed by atoms with van der Waals surface area (Å²) in [6.07, 6.45) is 5.28. The molecule has 34 heavy (non-hydrogen) atoms. The lowest BCUT2D eigenvalue weighted by Crippen LogP contribution is -2.03. The SMILES string of the molecule is COC(=O)c1ccc(-c2cn(Cc3ncccc3F)c3cc(-c4c(C)noc4C)cnc23)cc1. The molecule has 0 N–H and O–H groups in total. The van der Waals surface area contributed by atoms with Gasteiger partial charge in [0.1, 0.15) is 11.6 Å². The van der Waals surface area contributed by atoms with Gasteiger partial charge in [-0.2, -0.15) is 0 Å². The highest BCUT2D eigenvalue weighted by Crippen LogP contribution is 2.34. The van der Waals surface area contributed by atoms with Gasteiger partial charge in [-0.05, 0) is 49.7 Å². The third-order valence-corrected chi connectivity index (χ3v) is 5.81. The number of esters is 1. The van der Waals surface area contributed by atoms with E-state index >= 15 is 0 Å². The molecule has 0 aliphatic heterocycles. The molecule has 0 spiro atoms. The second-order valence-corrected chi connectivity index (χ2v) is 7.96. The minimum absolute atomic E-state index is 0.232. The van der Waals surface area contributed by atoms with Crippen LogP contribution in [0.1, 0.15) is 27.5 Å². The van der Waals surface area contributed by atoms with Gasteiger partial charge in [-0.15, -0.1) is 0 Å². The molecule has 0 radical (unpaired) electrons. The van der Waals surface area contributed by atoms with Crippen molar-refractivity contribution in [3.63, 3.8) is 0 Å². The molecule has 0 unspecified atom stereocenters. The van der Waals surface area contributed by atoms with Crippen molar-refractivity contribution in [3.8, 4) is 22.3 Å². The molecule has 0 fully saturated rings. The van der Waals surface area contributed by atoms with Crippen LogP contribution in [0.25, 0.3) is 33.3 Å². The number of ether oxygens (including phenoxy) is 1. The Balaban J connectivity index is 1.67.